The summed E-state index contributed by atoms with van der Waals surface area (Å²) in [6, 6.07) is 9.74. The summed E-state index contributed by atoms with van der Waals surface area (Å²) >= 11 is 0. The van der Waals surface area contributed by atoms with Gasteiger partial charge in [0.1, 0.15) is 0 Å². The van der Waals surface area contributed by atoms with Crippen molar-refractivity contribution in [2.45, 2.75) is 26.1 Å². The van der Waals surface area contributed by atoms with Crippen LogP contribution in [0.5, 0.6) is 0 Å². The molecule has 3 heteroatoms. The molecule has 96 valence electrons. The van der Waals surface area contributed by atoms with Gasteiger partial charge in [0.05, 0.1) is 18.8 Å². The average molecular weight is 237 g/mol. The number of aliphatic hydroxyl groups excluding tert-OH is 1. The Hall–Kier alpha value is -0.900. The van der Waals surface area contributed by atoms with Crippen LogP contribution in [0, 0.1) is 0 Å². The summed E-state index contributed by atoms with van der Waals surface area (Å²) in [4.78, 5) is 2.08. The van der Waals surface area contributed by atoms with Crippen molar-refractivity contribution in [2.75, 3.05) is 26.7 Å². The number of nitrogens with zero attached hydrogens (tertiary/aromatic N) is 1. The predicted octanol–water partition coefficient (Wildman–Crippen LogP) is 2.08. The van der Waals surface area contributed by atoms with Gasteiger partial charge in [-0.2, -0.15) is 0 Å². The van der Waals surface area contributed by atoms with Crippen LogP contribution in [0.4, 0.5) is 0 Å². The molecule has 3 nitrogen and oxygen atoms in total. The lowest BCUT2D eigenvalue weighted by Gasteiger charge is -2.21. The summed E-state index contributed by atoms with van der Waals surface area (Å²) in [6.45, 7) is 6.22. The first kappa shape index (κ1) is 14.2. The molecule has 0 bridgehead atoms. The molecule has 0 spiro atoms. The third-order valence-electron chi connectivity index (χ3n) is 2.59. The number of hydrogen-bond acceptors (Lipinski definition) is 3. The van der Waals surface area contributed by atoms with Crippen LogP contribution in [-0.2, 0) is 4.74 Å². The summed E-state index contributed by atoms with van der Waals surface area (Å²) in [5.74, 6) is 0. The molecule has 1 aromatic carbocycles. The topological polar surface area (TPSA) is 32.7 Å². The van der Waals surface area contributed by atoms with Gasteiger partial charge in [0.15, 0.2) is 0 Å². The summed E-state index contributed by atoms with van der Waals surface area (Å²) in [7, 11) is 2.00. The molecule has 0 radical (unpaired) electrons. The lowest BCUT2D eigenvalue weighted by molar-refractivity contribution is 0.0519. The number of rotatable bonds is 7. The molecule has 17 heavy (non-hydrogen) atoms. The largest absolute Gasteiger partial charge is 0.387 e. The number of ether oxygens (including phenoxy) is 1. The highest BCUT2D eigenvalue weighted by molar-refractivity contribution is 5.17. The summed E-state index contributed by atoms with van der Waals surface area (Å²) in [5.41, 5.74) is 0.962. The van der Waals surface area contributed by atoms with Crippen molar-refractivity contribution in [1.82, 2.24) is 4.90 Å². The van der Waals surface area contributed by atoms with Gasteiger partial charge in [-0.15, -0.1) is 0 Å². The number of aliphatic hydroxyl groups is 1. The van der Waals surface area contributed by atoms with Gasteiger partial charge in [-0.1, -0.05) is 30.3 Å². The molecule has 1 unspecified atom stereocenters. The van der Waals surface area contributed by atoms with E-state index in [4.69, 9.17) is 4.74 Å². The van der Waals surface area contributed by atoms with Crippen molar-refractivity contribution in [3.05, 3.63) is 35.9 Å². The van der Waals surface area contributed by atoms with Crippen molar-refractivity contribution in [3.63, 3.8) is 0 Å². The average Bonchev–Trinajstić information content (AvgIpc) is 2.29. The maximum atomic E-state index is 10.0. The molecule has 0 aliphatic rings. The van der Waals surface area contributed by atoms with E-state index in [1.807, 2.05) is 51.2 Å². The van der Waals surface area contributed by atoms with Crippen LogP contribution in [0.1, 0.15) is 25.5 Å². The fourth-order valence-electron chi connectivity index (χ4n) is 1.61. The molecule has 1 N–H and O–H groups in total. The minimum absolute atomic E-state index is 0.266. The van der Waals surface area contributed by atoms with Crippen LogP contribution in [0.3, 0.4) is 0 Å². The fourth-order valence-corrected chi connectivity index (χ4v) is 1.61. The van der Waals surface area contributed by atoms with Gasteiger partial charge in [0.2, 0.25) is 0 Å². The molecule has 1 aromatic rings. The highest BCUT2D eigenvalue weighted by Gasteiger charge is 2.09. The van der Waals surface area contributed by atoms with Gasteiger partial charge < -0.3 is 14.7 Å². The van der Waals surface area contributed by atoms with E-state index in [0.29, 0.717) is 13.2 Å². The van der Waals surface area contributed by atoms with E-state index in [9.17, 15) is 5.11 Å². The third-order valence-corrected chi connectivity index (χ3v) is 2.59. The Morgan fingerprint density at radius 3 is 2.47 bits per heavy atom. The van der Waals surface area contributed by atoms with E-state index >= 15 is 0 Å². The minimum Gasteiger partial charge on any atom is -0.387 e. The monoisotopic (exact) mass is 237 g/mol. The number of benzene rings is 1. The lowest BCUT2D eigenvalue weighted by atomic mass is 10.1. The second kappa shape index (κ2) is 7.43. The van der Waals surface area contributed by atoms with Crippen LogP contribution in [0.25, 0.3) is 0 Å². The van der Waals surface area contributed by atoms with Crippen LogP contribution < -0.4 is 0 Å². The van der Waals surface area contributed by atoms with Gasteiger partial charge in [-0.3, -0.25) is 0 Å². The highest BCUT2D eigenvalue weighted by atomic mass is 16.5. The van der Waals surface area contributed by atoms with Crippen molar-refractivity contribution in [2.24, 2.45) is 0 Å². The lowest BCUT2D eigenvalue weighted by Crippen LogP contribution is -2.28. The Labute approximate surface area is 104 Å². The Bertz CT molecular complexity index is 300. The van der Waals surface area contributed by atoms with E-state index in [-0.39, 0.29) is 6.10 Å². The van der Waals surface area contributed by atoms with E-state index in [0.717, 1.165) is 12.1 Å². The van der Waals surface area contributed by atoms with Crippen LogP contribution in [0.15, 0.2) is 30.3 Å². The summed E-state index contributed by atoms with van der Waals surface area (Å²) in [6.07, 6.45) is -0.164. The molecule has 0 fully saturated rings. The molecular formula is C14H23NO2. The molecule has 0 aliphatic heterocycles. The van der Waals surface area contributed by atoms with Crippen molar-refractivity contribution in [1.29, 1.82) is 0 Å². The normalized spacial score (nSPS) is 13.3. The molecule has 1 rings (SSSR count). The molecule has 0 aromatic heterocycles. The Morgan fingerprint density at radius 2 is 1.88 bits per heavy atom. The fraction of sp³-hybridized carbons (Fsp3) is 0.571. The first-order valence-corrected chi connectivity index (χ1v) is 6.12. The van der Waals surface area contributed by atoms with Crippen molar-refractivity contribution in [3.8, 4) is 0 Å². The van der Waals surface area contributed by atoms with Crippen LogP contribution in [-0.4, -0.2) is 42.9 Å². The van der Waals surface area contributed by atoms with Gasteiger partial charge in [0.25, 0.3) is 0 Å². The van der Waals surface area contributed by atoms with Crippen molar-refractivity contribution < 1.29 is 9.84 Å². The molecule has 0 saturated heterocycles. The zero-order valence-corrected chi connectivity index (χ0v) is 11.0. The first-order valence-electron chi connectivity index (χ1n) is 6.12. The smallest absolute Gasteiger partial charge is 0.0916 e. The van der Waals surface area contributed by atoms with E-state index in [2.05, 4.69) is 4.90 Å². The third kappa shape index (κ3) is 5.82. The predicted molar refractivity (Wildman–Crippen MR) is 70.0 cm³/mol. The quantitative estimate of drug-likeness (QED) is 0.788. The molecule has 0 amide bonds. The van der Waals surface area contributed by atoms with Gasteiger partial charge in [-0.25, -0.2) is 0 Å². The zero-order valence-electron chi connectivity index (χ0n) is 11.0. The second-order valence-electron chi connectivity index (χ2n) is 4.61. The standard InChI is InChI=1S/C14H23NO2/c1-12(2)17-10-9-15(3)11-14(16)13-7-5-4-6-8-13/h4-8,12,14,16H,9-11H2,1-3H3. The highest BCUT2D eigenvalue weighted by Crippen LogP contribution is 2.12. The number of likely N-dealkylation sites (N-methyl/N-ethyl adjacent to an activating group) is 1. The molecule has 1 atom stereocenters. The Kier molecular flexibility index (Phi) is 6.19. The van der Waals surface area contributed by atoms with Gasteiger partial charge in [0, 0.05) is 13.1 Å². The Morgan fingerprint density at radius 1 is 1.24 bits per heavy atom. The van der Waals surface area contributed by atoms with Crippen LogP contribution in [0.2, 0.25) is 0 Å². The van der Waals surface area contributed by atoms with E-state index < -0.39 is 6.10 Å². The maximum absolute atomic E-state index is 10.0. The SMILES string of the molecule is CC(C)OCCN(C)CC(O)c1ccccc1. The van der Waals surface area contributed by atoms with E-state index in [1.54, 1.807) is 0 Å². The van der Waals surface area contributed by atoms with Gasteiger partial charge in [-0.05, 0) is 26.5 Å². The molecule has 0 aliphatic carbocycles. The number of hydrogen-bond donors (Lipinski definition) is 1. The van der Waals surface area contributed by atoms with Crippen molar-refractivity contribution >= 4 is 0 Å². The molecule has 0 saturated carbocycles. The Balaban J connectivity index is 2.28. The molecule has 0 heterocycles. The second-order valence-corrected chi connectivity index (χ2v) is 4.61. The summed E-state index contributed by atoms with van der Waals surface area (Å²) < 4.78 is 5.48. The zero-order chi connectivity index (χ0) is 12.7. The minimum atomic E-state index is -0.430. The maximum Gasteiger partial charge on any atom is 0.0916 e. The molecular weight excluding hydrogens is 214 g/mol. The summed E-state index contributed by atoms with van der Waals surface area (Å²) in [5, 5.41) is 10.0. The van der Waals surface area contributed by atoms with Crippen LogP contribution >= 0.6 is 0 Å². The van der Waals surface area contributed by atoms with E-state index in [1.165, 1.54) is 0 Å². The van der Waals surface area contributed by atoms with Gasteiger partial charge >= 0.3 is 0 Å². The first-order chi connectivity index (χ1) is 8.09.